The first-order chi connectivity index (χ1) is 10.2. The largest absolute Gasteiger partial charge is 0.383 e. The molecule has 0 amide bonds. The van der Waals surface area contributed by atoms with Crippen LogP contribution in [0, 0.1) is 0 Å². The average Bonchev–Trinajstić information content (AvgIpc) is 2.50. The molecule has 0 atom stereocenters. The molecule has 3 aromatic rings. The van der Waals surface area contributed by atoms with Crippen LogP contribution in [0.5, 0.6) is 0 Å². The quantitative estimate of drug-likeness (QED) is 0.805. The number of anilines is 1. The summed E-state index contributed by atoms with van der Waals surface area (Å²) < 4.78 is 1.47. The van der Waals surface area contributed by atoms with Crippen LogP contribution in [0.3, 0.4) is 0 Å². The van der Waals surface area contributed by atoms with E-state index >= 15 is 0 Å². The van der Waals surface area contributed by atoms with E-state index in [4.69, 9.17) is 11.6 Å². The van der Waals surface area contributed by atoms with Gasteiger partial charge in [0.25, 0.3) is 5.56 Å². The Morgan fingerprint density at radius 2 is 2.00 bits per heavy atom. The van der Waals surface area contributed by atoms with Crippen molar-refractivity contribution >= 4 is 28.1 Å². The highest BCUT2D eigenvalue weighted by Gasteiger charge is 2.03. The lowest BCUT2D eigenvalue weighted by atomic mass is 10.2. The molecule has 0 aliphatic rings. The molecule has 0 radical (unpaired) electrons. The van der Waals surface area contributed by atoms with E-state index in [9.17, 15) is 4.79 Å². The minimum atomic E-state index is -0.0685. The molecule has 1 heterocycles. The molecule has 3 rings (SSSR count). The predicted octanol–water partition coefficient (Wildman–Crippen LogP) is 3.16. The molecule has 21 heavy (non-hydrogen) atoms. The normalized spacial score (nSPS) is 10.7. The summed E-state index contributed by atoms with van der Waals surface area (Å²) in [5.74, 6) is 0. The van der Waals surface area contributed by atoms with Gasteiger partial charge in [-0.15, -0.1) is 0 Å². The van der Waals surface area contributed by atoms with Crippen LogP contribution in [-0.4, -0.2) is 16.3 Å². The Hall–Kier alpha value is -2.33. The minimum Gasteiger partial charge on any atom is -0.383 e. The van der Waals surface area contributed by atoms with Crippen molar-refractivity contribution in [3.8, 4) is 0 Å². The molecule has 0 bridgehead atoms. The molecule has 1 aromatic heterocycles. The van der Waals surface area contributed by atoms with Crippen LogP contribution in [0.25, 0.3) is 10.8 Å². The predicted molar refractivity (Wildman–Crippen MR) is 85.9 cm³/mol. The number of nitrogens with zero attached hydrogens (tertiary/aromatic N) is 2. The van der Waals surface area contributed by atoms with Gasteiger partial charge in [-0.25, -0.2) is 4.68 Å². The van der Waals surface area contributed by atoms with Crippen molar-refractivity contribution in [3.63, 3.8) is 0 Å². The second kappa shape index (κ2) is 5.97. The molecule has 4 nitrogen and oxygen atoms in total. The second-order valence-electron chi connectivity index (χ2n) is 4.70. The molecule has 5 heteroatoms. The van der Waals surface area contributed by atoms with Crippen molar-refractivity contribution in [2.24, 2.45) is 0 Å². The lowest BCUT2D eigenvalue weighted by Gasteiger charge is -2.08. The van der Waals surface area contributed by atoms with E-state index in [1.807, 2.05) is 48.5 Å². The first-order valence-corrected chi connectivity index (χ1v) is 7.06. The highest BCUT2D eigenvalue weighted by atomic mass is 35.5. The molecule has 0 aliphatic carbocycles. The summed E-state index contributed by atoms with van der Waals surface area (Å²) in [7, 11) is 0. The molecular formula is C16H14ClN3O. The number of rotatable bonds is 4. The summed E-state index contributed by atoms with van der Waals surface area (Å²) in [6.07, 6.45) is 1.72. The summed E-state index contributed by atoms with van der Waals surface area (Å²) in [6, 6.07) is 14.9. The lowest BCUT2D eigenvalue weighted by Crippen LogP contribution is -2.26. The standard InChI is InChI=1S/C16H14ClN3O/c17-13-5-3-6-14(10-13)18-8-9-20-16(21)15-7-2-1-4-12(15)11-19-20/h1-7,10-11,18H,8-9H2. The van der Waals surface area contributed by atoms with Crippen molar-refractivity contribution < 1.29 is 0 Å². The Morgan fingerprint density at radius 3 is 2.86 bits per heavy atom. The van der Waals surface area contributed by atoms with Crippen LogP contribution in [0.2, 0.25) is 5.02 Å². The first-order valence-electron chi connectivity index (χ1n) is 6.68. The Balaban J connectivity index is 1.74. The van der Waals surface area contributed by atoms with Crippen LogP contribution in [-0.2, 0) is 6.54 Å². The fourth-order valence-corrected chi connectivity index (χ4v) is 2.38. The van der Waals surface area contributed by atoms with Crippen LogP contribution >= 0.6 is 11.6 Å². The van der Waals surface area contributed by atoms with Gasteiger partial charge in [-0.3, -0.25) is 4.79 Å². The van der Waals surface area contributed by atoms with Crippen molar-refractivity contribution in [2.75, 3.05) is 11.9 Å². The molecule has 0 fully saturated rings. The van der Waals surface area contributed by atoms with Crippen molar-refractivity contribution in [1.82, 2.24) is 9.78 Å². The van der Waals surface area contributed by atoms with Crippen molar-refractivity contribution in [3.05, 3.63) is 70.1 Å². The van der Waals surface area contributed by atoms with Gasteiger partial charge in [0.05, 0.1) is 18.1 Å². The van der Waals surface area contributed by atoms with Gasteiger partial charge in [0, 0.05) is 22.6 Å². The van der Waals surface area contributed by atoms with Gasteiger partial charge in [-0.05, 0) is 24.3 Å². The summed E-state index contributed by atoms with van der Waals surface area (Å²) in [6.45, 7) is 1.10. The number of hydrogen-bond donors (Lipinski definition) is 1. The van der Waals surface area contributed by atoms with Crippen molar-refractivity contribution in [2.45, 2.75) is 6.54 Å². The maximum absolute atomic E-state index is 12.3. The van der Waals surface area contributed by atoms with Crippen molar-refractivity contribution in [1.29, 1.82) is 0 Å². The van der Waals surface area contributed by atoms with Gasteiger partial charge < -0.3 is 5.32 Å². The summed E-state index contributed by atoms with van der Waals surface area (Å²) >= 11 is 5.92. The van der Waals surface area contributed by atoms with E-state index in [2.05, 4.69) is 10.4 Å². The van der Waals surface area contributed by atoms with E-state index in [0.29, 0.717) is 23.5 Å². The Bertz CT molecular complexity index is 829. The van der Waals surface area contributed by atoms with E-state index in [0.717, 1.165) is 11.1 Å². The molecule has 0 saturated carbocycles. The van der Waals surface area contributed by atoms with E-state index in [-0.39, 0.29) is 5.56 Å². The van der Waals surface area contributed by atoms with E-state index in [1.54, 1.807) is 6.20 Å². The van der Waals surface area contributed by atoms with Gasteiger partial charge in [0.15, 0.2) is 0 Å². The zero-order valence-electron chi connectivity index (χ0n) is 11.3. The Kier molecular flexibility index (Phi) is 3.88. The maximum Gasteiger partial charge on any atom is 0.274 e. The molecule has 0 aliphatic heterocycles. The van der Waals surface area contributed by atoms with Gasteiger partial charge in [0.2, 0.25) is 0 Å². The number of halogens is 1. The Morgan fingerprint density at radius 1 is 1.14 bits per heavy atom. The minimum absolute atomic E-state index is 0.0685. The average molecular weight is 300 g/mol. The van der Waals surface area contributed by atoms with Crippen LogP contribution < -0.4 is 10.9 Å². The smallest absolute Gasteiger partial charge is 0.274 e. The molecule has 106 valence electrons. The SMILES string of the molecule is O=c1c2ccccc2cnn1CCNc1cccc(Cl)c1. The Labute approximate surface area is 127 Å². The fourth-order valence-electron chi connectivity index (χ4n) is 2.19. The van der Waals surface area contributed by atoms with E-state index in [1.165, 1.54) is 4.68 Å². The third-order valence-electron chi connectivity index (χ3n) is 3.24. The number of fused-ring (bicyclic) bond motifs is 1. The monoisotopic (exact) mass is 299 g/mol. The molecule has 1 N–H and O–H groups in total. The molecule has 0 spiro atoms. The molecule has 0 unspecified atom stereocenters. The maximum atomic E-state index is 12.3. The van der Waals surface area contributed by atoms with Crippen LogP contribution in [0.1, 0.15) is 0 Å². The van der Waals surface area contributed by atoms with Crippen LogP contribution in [0.15, 0.2) is 59.5 Å². The van der Waals surface area contributed by atoms with E-state index < -0.39 is 0 Å². The highest BCUT2D eigenvalue weighted by Crippen LogP contribution is 2.14. The summed E-state index contributed by atoms with van der Waals surface area (Å²) in [5, 5.41) is 9.65. The summed E-state index contributed by atoms with van der Waals surface area (Å²) in [4.78, 5) is 12.3. The molecule has 0 saturated heterocycles. The highest BCUT2D eigenvalue weighted by molar-refractivity contribution is 6.30. The zero-order chi connectivity index (χ0) is 14.7. The third-order valence-corrected chi connectivity index (χ3v) is 3.47. The number of aromatic nitrogens is 2. The zero-order valence-corrected chi connectivity index (χ0v) is 12.0. The van der Waals surface area contributed by atoms with Gasteiger partial charge in [-0.2, -0.15) is 5.10 Å². The third kappa shape index (κ3) is 3.06. The van der Waals surface area contributed by atoms with Gasteiger partial charge in [-0.1, -0.05) is 35.9 Å². The number of benzene rings is 2. The van der Waals surface area contributed by atoms with Gasteiger partial charge >= 0.3 is 0 Å². The van der Waals surface area contributed by atoms with Gasteiger partial charge in [0.1, 0.15) is 0 Å². The fraction of sp³-hybridized carbons (Fsp3) is 0.125. The second-order valence-corrected chi connectivity index (χ2v) is 5.13. The molecular weight excluding hydrogens is 286 g/mol. The lowest BCUT2D eigenvalue weighted by molar-refractivity contribution is 0.604. The summed E-state index contributed by atoms with van der Waals surface area (Å²) in [5.41, 5.74) is 0.859. The first kappa shape index (κ1) is 13.6. The number of hydrogen-bond acceptors (Lipinski definition) is 3. The number of nitrogens with one attached hydrogen (secondary N) is 1. The van der Waals surface area contributed by atoms with Crippen LogP contribution in [0.4, 0.5) is 5.69 Å². The topological polar surface area (TPSA) is 46.9 Å². The molecule has 2 aromatic carbocycles.